The van der Waals surface area contributed by atoms with Crippen LogP contribution < -0.4 is 0 Å². The summed E-state index contributed by atoms with van der Waals surface area (Å²) in [6.45, 7) is 8.96. The molecule has 0 saturated carbocycles. The van der Waals surface area contributed by atoms with Gasteiger partial charge in [-0.25, -0.2) is 4.79 Å². The van der Waals surface area contributed by atoms with Crippen LogP contribution in [0.5, 0.6) is 11.5 Å². The highest BCUT2D eigenvalue weighted by Crippen LogP contribution is 2.41. The molecule has 0 saturated heterocycles. The predicted octanol–water partition coefficient (Wildman–Crippen LogP) is 11.5. The monoisotopic (exact) mass is 590 g/mol. The van der Waals surface area contributed by atoms with Gasteiger partial charge < -0.3 is 10.2 Å². The molecule has 42 heavy (non-hydrogen) atoms. The third kappa shape index (κ3) is 15.6. The predicted molar refractivity (Wildman–Crippen MR) is 177 cm³/mol. The SMILES string of the molecule is CCCCCCCCCc1c(O)c(O)c(C(=O)OOCCC)c(CCCCCCCCC)c1CCCCCCCCC. The Bertz CT molecular complexity index is 819. The van der Waals surface area contributed by atoms with Crippen molar-refractivity contribution in [2.24, 2.45) is 0 Å². The molecule has 0 atom stereocenters. The Morgan fingerprint density at radius 3 is 1.29 bits per heavy atom. The van der Waals surface area contributed by atoms with E-state index in [1.54, 1.807) is 0 Å². The van der Waals surface area contributed by atoms with Crippen LogP contribution in [0.25, 0.3) is 0 Å². The molecule has 0 bridgehead atoms. The maximum Gasteiger partial charge on any atom is 0.377 e. The second kappa shape index (κ2) is 25.7. The summed E-state index contributed by atoms with van der Waals surface area (Å²) in [7, 11) is 0. The van der Waals surface area contributed by atoms with Crippen LogP contribution in [0.2, 0.25) is 0 Å². The van der Waals surface area contributed by atoms with Crippen LogP contribution in [0, 0.1) is 0 Å². The summed E-state index contributed by atoms with van der Waals surface area (Å²) < 4.78 is 0. The first kappa shape index (κ1) is 38.3. The van der Waals surface area contributed by atoms with Gasteiger partial charge in [-0.1, -0.05) is 143 Å². The lowest BCUT2D eigenvalue weighted by atomic mass is 9.85. The first-order valence-corrected chi connectivity index (χ1v) is 17.9. The number of phenolic OH excluding ortho intramolecular Hbond substituents is 2. The summed E-state index contributed by atoms with van der Waals surface area (Å²) in [4.78, 5) is 23.5. The summed E-state index contributed by atoms with van der Waals surface area (Å²) in [5.74, 6) is -1.17. The summed E-state index contributed by atoms with van der Waals surface area (Å²) in [6.07, 6.45) is 28.0. The van der Waals surface area contributed by atoms with Crippen LogP contribution in [0.15, 0.2) is 0 Å². The zero-order chi connectivity index (χ0) is 30.8. The molecule has 0 aliphatic rings. The van der Waals surface area contributed by atoms with Crippen molar-refractivity contribution in [3.05, 3.63) is 22.3 Å². The van der Waals surface area contributed by atoms with Crippen molar-refractivity contribution in [2.45, 2.75) is 188 Å². The lowest BCUT2D eigenvalue weighted by Crippen LogP contribution is -2.14. The number of rotatable bonds is 28. The molecule has 1 rings (SSSR count). The number of hydrogen-bond donors (Lipinski definition) is 2. The first-order valence-electron chi connectivity index (χ1n) is 17.9. The number of benzene rings is 1. The van der Waals surface area contributed by atoms with Gasteiger partial charge in [-0.05, 0) is 56.1 Å². The third-order valence-corrected chi connectivity index (χ3v) is 8.49. The minimum absolute atomic E-state index is 0.107. The Kier molecular flexibility index (Phi) is 23.4. The topological polar surface area (TPSA) is 76.0 Å². The molecule has 1 aromatic rings. The van der Waals surface area contributed by atoms with Gasteiger partial charge in [-0.3, -0.25) is 4.89 Å². The van der Waals surface area contributed by atoms with Crippen molar-refractivity contribution in [2.75, 3.05) is 6.61 Å². The molecule has 0 unspecified atom stereocenters. The Hall–Kier alpha value is -1.75. The fourth-order valence-electron chi connectivity index (χ4n) is 5.94. The van der Waals surface area contributed by atoms with Gasteiger partial charge in [-0.15, -0.1) is 0 Å². The van der Waals surface area contributed by atoms with Gasteiger partial charge in [0.05, 0.1) is 6.61 Å². The van der Waals surface area contributed by atoms with E-state index >= 15 is 0 Å². The van der Waals surface area contributed by atoms with Crippen LogP contribution in [0.4, 0.5) is 0 Å². The molecule has 0 heterocycles. The molecule has 0 radical (unpaired) electrons. The van der Waals surface area contributed by atoms with Crippen LogP contribution in [0.1, 0.15) is 196 Å². The summed E-state index contributed by atoms with van der Waals surface area (Å²) in [6, 6.07) is 0. The first-order chi connectivity index (χ1) is 20.5. The van der Waals surface area contributed by atoms with Crippen LogP contribution in [-0.4, -0.2) is 22.8 Å². The van der Waals surface area contributed by atoms with E-state index in [0.29, 0.717) is 13.0 Å². The highest BCUT2D eigenvalue weighted by atomic mass is 17.2. The quantitative estimate of drug-likeness (QED) is 0.0439. The molecular weight excluding hydrogens is 524 g/mol. The van der Waals surface area contributed by atoms with E-state index in [-0.39, 0.29) is 17.1 Å². The van der Waals surface area contributed by atoms with Crippen molar-refractivity contribution >= 4 is 5.97 Å². The van der Waals surface area contributed by atoms with Gasteiger partial charge in [0, 0.05) is 5.56 Å². The van der Waals surface area contributed by atoms with Gasteiger partial charge in [0.1, 0.15) is 5.56 Å². The fourth-order valence-corrected chi connectivity index (χ4v) is 5.94. The summed E-state index contributed by atoms with van der Waals surface area (Å²) >= 11 is 0. The number of unbranched alkanes of at least 4 members (excludes halogenated alkanes) is 18. The smallest absolute Gasteiger partial charge is 0.377 e. The lowest BCUT2D eigenvalue weighted by Gasteiger charge is -2.21. The molecule has 244 valence electrons. The largest absolute Gasteiger partial charge is 0.504 e. The van der Waals surface area contributed by atoms with E-state index in [0.717, 1.165) is 74.5 Å². The van der Waals surface area contributed by atoms with Gasteiger partial charge in [0.2, 0.25) is 0 Å². The molecule has 5 heteroatoms. The molecule has 1 aromatic carbocycles. The van der Waals surface area contributed by atoms with Crippen molar-refractivity contribution in [3.63, 3.8) is 0 Å². The maximum absolute atomic E-state index is 13.2. The highest BCUT2D eigenvalue weighted by molar-refractivity contribution is 5.95. The van der Waals surface area contributed by atoms with E-state index in [2.05, 4.69) is 20.8 Å². The number of carbonyl (C=O) groups is 1. The van der Waals surface area contributed by atoms with Crippen molar-refractivity contribution < 1.29 is 24.8 Å². The van der Waals surface area contributed by atoms with Gasteiger partial charge in [0.15, 0.2) is 11.5 Å². The third-order valence-electron chi connectivity index (χ3n) is 8.49. The molecule has 5 nitrogen and oxygen atoms in total. The van der Waals surface area contributed by atoms with Crippen molar-refractivity contribution in [1.29, 1.82) is 0 Å². The summed E-state index contributed by atoms with van der Waals surface area (Å²) in [5.41, 5.74) is 2.89. The molecule has 0 spiro atoms. The lowest BCUT2D eigenvalue weighted by molar-refractivity contribution is -0.240. The fraction of sp³-hybridized carbons (Fsp3) is 0.811. The Morgan fingerprint density at radius 1 is 0.476 bits per heavy atom. The molecule has 0 aliphatic carbocycles. The van der Waals surface area contributed by atoms with Crippen LogP contribution in [-0.2, 0) is 29.0 Å². The molecular formula is C37H66O5. The normalized spacial score (nSPS) is 11.3. The Morgan fingerprint density at radius 2 is 0.857 bits per heavy atom. The van der Waals surface area contributed by atoms with Crippen molar-refractivity contribution in [3.8, 4) is 11.5 Å². The van der Waals surface area contributed by atoms with E-state index in [1.165, 1.54) is 96.3 Å². The molecule has 0 fully saturated rings. The van der Waals surface area contributed by atoms with Gasteiger partial charge in [-0.2, -0.15) is 4.89 Å². The maximum atomic E-state index is 13.2. The van der Waals surface area contributed by atoms with E-state index < -0.39 is 5.97 Å². The standard InChI is InChI=1S/C37H66O5/c1-5-9-12-15-18-21-24-27-31-32(28-25-22-19-16-13-10-6-2)34(37(40)42-41-30-8-4)36(39)35(38)33(31)29-26-23-20-17-14-11-7-3/h38-39H,5-30H2,1-4H3. The second-order valence-electron chi connectivity index (χ2n) is 12.3. The van der Waals surface area contributed by atoms with Crippen LogP contribution in [0.3, 0.4) is 0 Å². The number of carbonyl (C=O) groups excluding carboxylic acids is 1. The van der Waals surface area contributed by atoms with Gasteiger partial charge in [0.25, 0.3) is 0 Å². The highest BCUT2D eigenvalue weighted by Gasteiger charge is 2.28. The number of hydrogen-bond acceptors (Lipinski definition) is 5. The summed E-state index contributed by atoms with van der Waals surface area (Å²) in [5, 5.41) is 22.5. The van der Waals surface area contributed by atoms with Crippen LogP contribution >= 0.6 is 0 Å². The number of aromatic hydroxyl groups is 2. The van der Waals surface area contributed by atoms with E-state index in [4.69, 9.17) is 9.78 Å². The van der Waals surface area contributed by atoms with E-state index in [9.17, 15) is 15.0 Å². The molecule has 0 aromatic heterocycles. The van der Waals surface area contributed by atoms with E-state index in [1.807, 2.05) is 6.92 Å². The minimum Gasteiger partial charge on any atom is -0.504 e. The average molecular weight is 591 g/mol. The molecule has 0 amide bonds. The van der Waals surface area contributed by atoms with Gasteiger partial charge >= 0.3 is 5.97 Å². The van der Waals surface area contributed by atoms with Crippen molar-refractivity contribution in [1.82, 2.24) is 0 Å². The average Bonchev–Trinajstić information content (AvgIpc) is 2.98. The molecule has 2 N–H and O–H groups in total. The zero-order valence-corrected chi connectivity index (χ0v) is 28.0. The Balaban J connectivity index is 3.20. The molecule has 0 aliphatic heterocycles. The Labute approximate surface area is 259 Å². The zero-order valence-electron chi connectivity index (χ0n) is 28.0. The number of phenols is 2. The second-order valence-corrected chi connectivity index (χ2v) is 12.3. The minimum atomic E-state index is -0.697.